The van der Waals surface area contributed by atoms with E-state index in [-0.39, 0.29) is 0 Å². The molecular formula is C21H23ClN4. The quantitative estimate of drug-likeness (QED) is 0.619. The number of hydrogen-bond acceptors (Lipinski definition) is 4. The summed E-state index contributed by atoms with van der Waals surface area (Å²) in [7, 11) is 0. The topological polar surface area (TPSA) is 41.1 Å². The molecular weight excluding hydrogens is 344 g/mol. The first-order valence-corrected chi connectivity index (χ1v) is 9.25. The predicted octanol–water partition coefficient (Wildman–Crippen LogP) is 5.26. The van der Waals surface area contributed by atoms with Crippen molar-refractivity contribution in [3.63, 3.8) is 0 Å². The zero-order chi connectivity index (χ0) is 18.4. The second-order valence-electron chi connectivity index (χ2n) is 5.95. The van der Waals surface area contributed by atoms with E-state index in [1.807, 2.05) is 42.5 Å². The first-order valence-electron chi connectivity index (χ1n) is 8.87. The highest BCUT2D eigenvalue weighted by molar-refractivity contribution is 6.30. The SMILES string of the molecule is CCN(CC)c1cc(-c2ccccc2)nc(NCc2ccc(Cl)cc2)n1. The molecule has 0 unspecified atom stereocenters. The van der Waals surface area contributed by atoms with E-state index in [0.717, 1.165) is 40.8 Å². The average molecular weight is 367 g/mol. The second kappa shape index (κ2) is 8.68. The molecule has 0 aliphatic carbocycles. The molecule has 0 amide bonds. The Morgan fingerprint density at radius 1 is 0.923 bits per heavy atom. The minimum absolute atomic E-state index is 0.628. The van der Waals surface area contributed by atoms with E-state index >= 15 is 0 Å². The van der Waals surface area contributed by atoms with Gasteiger partial charge in [0.25, 0.3) is 0 Å². The number of anilines is 2. The lowest BCUT2D eigenvalue weighted by molar-refractivity contribution is 0.841. The normalized spacial score (nSPS) is 10.6. The number of aromatic nitrogens is 2. The lowest BCUT2D eigenvalue weighted by Gasteiger charge is -2.21. The van der Waals surface area contributed by atoms with Gasteiger partial charge in [0.1, 0.15) is 5.82 Å². The summed E-state index contributed by atoms with van der Waals surface area (Å²) in [5, 5.41) is 4.08. The van der Waals surface area contributed by atoms with Crippen LogP contribution in [0.15, 0.2) is 60.7 Å². The van der Waals surface area contributed by atoms with Crippen molar-refractivity contribution in [1.29, 1.82) is 0 Å². The molecule has 2 aromatic carbocycles. The van der Waals surface area contributed by atoms with Crippen molar-refractivity contribution in [2.45, 2.75) is 20.4 Å². The minimum Gasteiger partial charge on any atom is -0.357 e. The number of nitrogens with zero attached hydrogens (tertiary/aromatic N) is 3. The Hall–Kier alpha value is -2.59. The molecule has 0 atom stereocenters. The number of hydrogen-bond donors (Lipinski definition) is 1. The molecule has 0 saturated carbocycles. The Labute approximate surface area is 159 Å². The third kappa shape index (κ3) is 4.52. The van der Waals surface area contributed by atoms with E-state index in [2.05, 4.69) is 42.3 Å². The molecule has 0 bridgehead atoms. The number of halogens is 1. The molecule has 3 rings (SSSR count). The Morgan fingerprint density at radius 3 is 2.27 bits per heavy atom. The fraction of sp³-hybridized carbons (Fsp3) is 0.238. The van der Waals surface area contributed by atoms with E-state index in [4.69, 9.17) is 21.6 Å². The largest absolute Gasteiger partial charge is 0.357 e. The van der Waals surface area contributed by atoms with Crippen molar-refractivity contribution in [3.8, 4) is 11.3 Å². The molecule has 134 valence electrons. The van der Waals surface area contributed by atoms with E-state index in [9.17, 15) is 0 Å². The number of nitrogens with one attached hydrogen (secondary N) is 1. The molecule has 0 aliphatic rings. The first kappa shape index (κ1) is 18.2. The van der Waals surface area contributed by atoms with Crippen LogP contribution in [0, 0.1) is 0 Å². The van der Waals surface area contributed by atoms with Crippen LogP contribution in [0.4, 0.5) is 11.8 Å². The van der Waals surface area contributed by atoms with Crippen LogP contribution in [-0.4, -0.2) is 23.1 Å². The highest BCUT2D eigenvalue weighted by atomic mass is 35.5. The van der Waals surface area contributed by atoms with Gasteiger partial charge in [-0.25, -0.2) is 4.98 Å². The zero-order valence-electron chi connectivity index (χ0n) is 15.1. The van der Waals surface area contributed by atoms with E-state index in [1.165, 1.54) is 0 Å². The first-order chi connectivity index (χ1) is 12.7. The van der Waals surface area contributed by atoms with Crippen molar-refractivity contribution in [3.05, 3.63) is 71.2 Å². The summed E-state index contributed by atoms with van der Waals surface area (Å²) < 4.78 is 0. The average Bonchev–Trinajstić information content (AvgIpc) is 2.69. The predicted molar refractivity (Wildman–Crippen MR) is 110 cm³/mol. The van der Waals surface area contributed by atoms with Crippen LogP contribution in [0.3, 0.4) is 0 Å². The molecule has 5 heteroatoms. The van der Waals surface area contributed by atoms with Gasteiger partial charge in [0, 0.05) is 36.3 Å². The maximum absolute atomic E-state index is 5.95. The molecule has 1 aromatic heterocycles. The van der Waals surface area contributed by atoms with Gasteiger partial charge >= 0.3 is 0 Å². The highest BCUT2D eigenvalue weighted by Gasteiger charge is 2.10. The molecule has 26 heavy (non-hydrogen) atoms. The molecule has 1 N–H and O–H groups in total. The van der Waals surface area contributed by atoms with E-state index < -0.39 is 0 Å². The van der Waals surface area contributed by atoms with Gasteiger partial charge in [0.15, 0.2) is 0 Å². The molecule has 4 nitrogen and oxygen atoms in total. The maximum atomic E-state index is 5.95. The number of rotatable bonds is 7. The summed E-state index contributed by atoms with van der Waals surface area (Å²) in [4.78, 5) is 11.6. The van der Waals surface area contributed by atoms with E-state index in [1.54, 1.807) is 0 Å². The minimum atomic E-state index is 0.628. The summed E-state index contributed by atoms with van der Waals surface area (Å²) >= 11 is 5.95. The van der Waals surface area contributed by atoms with Crippen LogP contribution in [0.25, 0.3) is 11.3 Å². The summed E-state index contributed by atoms with van der Waals surface area (Å²) in [6.07, 6.45) is 0. The summed E-state index contributed by atoms with van der Waals surface area (Å²) in [5.74, 6) is 1.56. The number of benzene rings is 2. The third-order valence-corrected chi connectivity index (χ3v) is 4.49. The van der Waals surface area contributed by atoms with Crippen LogP contribution in [-0.2, 0) is 6.54 Å². The standard InChI is InChI=1S/C21H23ClN4/c1-3-26(4-2)20-14-19(17-8-6-5-7-9-17)24-21(25-20)23-15-16-10-12-18(22)13-11-16/h5-14H,3-4,15H2,1-2H3,(H,23,24,25). The van der Waals surface area contributed by atoms with Crippen molar-refractivity contribution in [1.82, 2.24) is 9.97 Å². The van der Waals surface area contributed by atoms with Crippen LogP contribution in [0.2, 0.25) is 5.02 Å². The lowest BCUT2D eigenvalue weighted by Crippen LogP contribution is -2.23. The zero-order valence-corrected chi connectivity index (χ0v) is 15.9. The molecule has 0 saturated heterocycles. The Bertz CT molecular complexity index is 830. The van der Waals surface area contributed by atoms with Gasteiger partial charge in [-0.3, -0.25) is 0 Å². The third-order valence-electron chi connectivity index (χ3n) is 4.23. The fourth-order valence-corrected chi connectivity index (χ4v) is 2.89. The van der Waals surface area contributed by atoms with Crippen LogP contribution in [0.1, 0.15) is 19.4 Å². The lowest BCUT2D eigenvalue weighted by atomic mass is 10.1. The Kier molecular flexibility index (Phi) is 6.08. The van der Waals surface area contributed by atoms with E-state index in [0.29, 0.717) is 12.5 Å². The molecule has 0 aliphatic heterocycles. The summed E-state index contributed by atoms with van der Waals surface area (Å²) in [6.45, 7) is 6.72. The monoisotopic (exact) mass is 366 g/mol. The van der Waals surface area contributed by atoms with Crippen molar-refractivity contribution in [2.24, 2.45) is 0 Å². The molecule has 0 fully saturated rings. The van der Waals surface area contributed by atoms with Gasteiger partial charge in [0.2, 0.25) is 5.95 Å². The summed E-state index contributed by atoms with van der Waals surface area (Å²) in [5.41, 5.74) is 3.13. The van der Waals surface area contributed by atoms with Crippen molar-refractivity contribution >= 4 is 23.4 Å². The fourth-order valence-electron chi connectivity index (χ4n) is 2.76. The van der Waals surface area contributed by atoms with Gasteiger partial charge in [-0.15, -0.1) is 0 Å². The molecule has 0 spiro atoms. The van der Waals surface area contributed by atoms with Gasteiger partial charge in [-0.2, -0.15) is 4.98 Å². The van der Waals surface area contributed by atoms with Crippen molar-refractivity contribution in [2.75, 3.05) is 23.3 Å². The maximum Gasteiger partial charge on any atom is 0.225 e. The molecule has 3 aromatic rings. The van der Waals surface area contributed by atoms with Gasteiger partial charge in [-0.05, 0) is 31.5 Å². The van der Waals surface area contributed by atoms with Gasteiger partial charge in [0.05, 0.1) is 5.69 Å². The second-order valence-corrected chi connectivity index (χ2v) is 6.39. The Morgan fingerprint density at radius 2 is 1.62 bits per heavy atom. The molecule has 0 radical (unpaired) electrons. The Balaban J connectivity index is 1.90. The molecule has 1 heterocycles. The van der Waals surface area contributed by atoms with Crippen LogP contribution in [0.5, 0.6) is 0 Å². The van der Waals surface area contributed by atoms with Crippen LogP contribution >= 0.6 is 11.6 Å². The van der Waals surface area contributed by atoms with Crippen molar-refractivity contribution < 1.29 is 0 Å². The highest BCUT2D eigenvalue weighted by Crippen LogP contribution is 2.23. The van der Waals surface area contributed by atoms with Crippen LogP contribution < -0.4 is 10.2 Å². The van der Waals surface area contributed by atoms with Gasteiger partial charge < -0.3 is 10.2 Å². The van der Waals surface area contributed by atoms with Gasteiger partial charge in [-0.1, -0.05) is 54.1 Å². The summed E-state index contributed by atoms with van der Waals surface area (Å²) in [6, 6.07) is 20.0. The smallest absolute Gasteiger partial charge is 0.225 e.